The molecule has 2 fully saturated rings. The number of imidazole rings is 2. The number of hydrogen-bond donors (Lipinski definition) is 3. The Balaban J connectivity index is 1.03. The Kier molecular flexibility index (Phi) is 9.04. The molecule has 2 aliphatic rings. The predicted octanol–water partition coefficient (Wildman–Crippen LogP) is 7.59. The standard InChI is InChI=1S/C40H42N8O6/c1-40(2,3)54-39(51)48-20-10-16-30(48)35-43-27-14-8-13-25(33(27)45-35)36-41-22-31(53-36)24-17-18-26-28(21-24)44-34(42-26)29-15-9-19-47(29)37(49)32(46-38(50)52-4)23-11-6-5-7-12-23/h5-8,11-14,17-18,21-22,29-30,32H,9-10,15-16,19-20H2,1-4H3,(H,42,44)(H,43,45)(H,46,50)/t29-,30-,32+/m0/s1. The van der Waals surface area contributed by atoms with Gasteiger partial charge in [0.15, 0.2) is 5.76 Å². The molecule has 14 heteroatoms. The van der Waals surface area contributed by atoms with Crippen LogP contribution in [0.15, 0.2) is 77.3 Å². The number of alkyl carbamates (subject to hydrolysis) is 1. The maximum absolute atomic E-state index is 14.0. The summed E-state index contributed by atoms with van der Waals surface area (Å²) in [5.74, 6) is 2.12. The van der Waals surface area contributed by atoms with Gasteiger partial charge in [-0.15, -0.1) is 0 Å². The van der Waals surface area contributed by atoms with Crippen LogP contribution < -0.4 is 5.32 Å². The molecule has 14 nitrogen and oxygen atoms in total. The molecule has 3 aromatic carbocycles. The molecule has 3 N–H and O–H groups in total. The number of aromatic nitrogens is 5. The second kappa shape index (κ2) is 14.0. The number of amides is 3. The van der Waals surface area contributed by atoms with E-state index in [2.05, 4.69) is 20.3 Å². The summed E-state index contributed by atoms with van der Waals surface area (Å²) in [6, 6.07) is 19.3. The van der Waals surface area contributed by atoms with Gasteiger partial charge in [0.1, 0.15) is 28.8 Å². The Morgan fingerprint density at radius 3 is 2.37 bits per heavy atom. The summed E-state index contributed by atoms with van der Waals surface area (Å²) in [5, 5.41) is 2.71. The number of fused-ring (bicyclic) bond motifs is 2. The molecular weight excluding hydrogens is 688 g/mol. The molecule has 0 aliphatic carbocycles. The first kappa shape index (κ1) is 34.9. The second-order valence-corrected chi connectivity index (χ2v) is 14.7. The van der Waals surface area contributed by atoms with Crippen LogP contribution in [0.1, 0.15) is 81.8 Å². The molecule has 0 radical (unpaired) electrons. The summed E-state index contributed by atoms with van der Waals surface area (Å²) >= 11 is 0. The maximum atomic E-state index is 14.0. The molecular formula is C40H42N8O6. The molecule has 0 bridgehead atoms. The van der Waals surface area contributed by atoms with Crippen LogP contribution in [0.5, 0.6) is 0 Å². The molecule has 8 rings (SSSR count). The van der Waals surface area contributed by atoms with Crippen LogP contribution in [0.25, 0.3) is 44.8 Å². The van der Waals surface area contributed by atoms with E-state index in [1.807, 2.05) is 87.5 Å². The lowest BCUT2D eigenvalue weighted by molar-refractivity contribution is -0.134. The molecule has 5 heterocycles. The lowest BCUT2D eigenvalue weighted by atomic mass is 10.1. The zero-order valence-electron chi connectivity index (χ0n) is 30.6. The minimum atomic E-state index is -0.899. The summed E-state index contributed by atoms with van der Waals surface area (Å²) in [6.45, 7) is 6.73. The number of oxazole rings is 1. The third-order valence-corrected chi connectivity index (χ3v) is 9.93. The lowest BCUT2D eigenvalue weighted by Crippen LogP contribution is -2.42. The first-order valence-electron chi connectivity index (χ1n) is 18.2. The summed E-state index contributed by atoms with van der Waals surface area (Å²) < 4.78 is 16.8. The van der Waals surface area contributed by atoms with Gasteiger partial charge in [0.2, 0.25) is 5.89 Å². The molecule has 278 valence electrons. The van der Waals surface area contributed by atoms with Crippen LogP contribution in [0.4, 0.5) is 9.59 Å². The Labute approximate surface area is 311 Å². The highest BCUT2D eigenvalue weighted by Gasteiger charge is 2.38. The molecule has 6 aromatic rings. The molecule has 2 aliphatic heterocycles. The number of hydrogen-bond acceptors (Lipinski definition) is 9. The van der Waals surface area contributed by atoms with Crippen LogP contribution in [-0.2, 0) is 14.3 Å². The Bertz CT molecular complexity index is 2340. The molecule has 2 saturated heterocycles. The van der Waals surface area contributed by atoms with Crippen LogP contribution in [-0.4, -0.2) is 78.6 Å². The number of nitrogens with one attached hydrogen (secondary N) is 3. The van der Waals surface area contributed by atoms with E-state index in [0.29, 0.717) is 47.5 Å². The average Bonchev–Trinajstić information content (AvgIpc) is 4.01. The number of rotatable bonds is 7. The monoisotopic (exact) mass is 730 g/mol. The molecule has 3 amide bonds. The van der Waals surface area contributed by atoms with Gasteiger partial charge >= 0.3 is 12.2 Å². The Morgan fingerprint density at radius 1 is 0.889 bits per heavy atom. The van der Waals surface area contributed by atoms with Gasteiger partial charge in [0.05, 0.1) is 47.5 Å². The van der Waals surface area contributed by atoms with Crippen molar-refractivity contribution in [2.24, 2.45) is 0 Å². The number of likely N-dealkylation sites (tertiary alicyclic amines) is 2. The fraction of sp³-hybridized carbons (Fsp3) is 0.350. The van der Waals surface area contributed by atoms with Crippen molar-refractivity contribution >= 4 is 40.2 Å². The quantitative estimate of drug-likeness (QED) is 0.150. The van der Waals surface area contributed by atoms with Gasteiger partial charge in [-0.3, -0.25) is 9.69 Å². The topological polar surface area (TPSA) is 172 Å². The van der Waals surface area contributed by atoms with Crippen molar-refractivity contribution in [2.45, 2.75) is 70.2 Å². The Morgan fingerprint density at radius 2 is 1.61 bits per heavy atom. The minimum Gasteiger partial charge on any atom is -0.453 e. The number of H-pyrrole nitrogens is 2. The van der Waals surface area contributed by atoms with E-state index < -0.39 is 17.7 Å². The summed E-state index contributed by atoms with van der Waals surface area (Å²) in [5.41, 5.74) is 4.66. The van der Waals surface area contributed by atoms with E-state index in [1.54, 1.807) is 16.0 Å². The first-order chi connectivity index (χ1) is 26.1. The van der Waals surface area contributed by atoms with Crippen molar-refractivity contribution in [3.63, 3.8) is 0 Å². The van der Waals surface area contributed by atoms with Gasteiger partial charge in [-0.1, -0.05) is 36.4 Å². The van der Waals surface area contributed by atoms with Gasteiger partial charge in [-0.25, -0.2) is 24.5 Å². The van der Waals surface area contributed by atoms with Crippen molar-refractivity contribution in [1.29, 1.82) is 0 Å². The van der Waals surface area contributed by atoms with E-state index in [-0.39, 0.29) is 24.1 Å². The number of nitrogens with zero attached hydrogens (tertiary/aromatic N) is 5. The third-order valence-electron chi connectivity index (χ3n) is 9.93. The van der Waals surface area contributed by atoms with Crippen molar-refractivity contribution in [3.05, 3.63) is 90.1 Å². The number of carbonyl (C=O) groups excluding carboxylic acids is 3. The van der Waals surface area contributed by atoms with Crippen LogP contribution in [0.2, 0.25) is 0 Å². The lowest BCUT2D eigenvalue weighted by Gasteiger charge is -2.28. The Hall–Kier alpha value is -6.18. The number of carbonyl (C=O) groups is 3. The predicted molar refractivity (Wildman–Crippen MR) is 200 cm³/mol. The molecule has 3 aromatic heterocycles. The minimum absolute atomic E-state index is 0.220. The van der Waals surface area contributed by atoms with Gasteiger partial charge in [0, 0.05) is 18.7 Å². The smallest absolute Gasteiger partial charge is 0.410 e. The normalized spacial score (nSPS) is 18.0. The van der Waals surface area contributed by atoms with Gasteiger partial charge in [-0.05, 0) is 82.3 Å². The number of aromatic amines is 2. The van der Waals surface area contributed by atoms with Crippen molar-refractivity contribution in [2.75, 3.05) is 20.2 Å². The van der Waals surface area contributed by atoms with Crippen molar-refractivity contribution in [3.8, 4) is 22.8 Å². The van der Waals surface area contributed by atoms with Crippen molar-refractivity contribution < 1.29 is 28.3 Å². The number of methoxy groups -OCH3 is 1. The van der Waals surface area contributed by atoms with Crippen LogP contribution >= 0.6 is 0 Å². The van der Waals surface area contributed by atoms with Crippen LogP contribution in [0.3, 0.4) is 0 Å². The van der Waals surface area contributed by atoms with E-state index in [9.17, 15) is 14.4 Å². The van der Waals surface area contributed by atoms with Crippen LogP contribution in [0, 0.1) is 0 Å². The van der Waals surface area contributed by atoms with Gasteiger partial charge < -0.3 is 34.1 Å². The SMILES string of the molecule is COC(=O)N[C@@H](C(=O)N1CCC[C@H]1c1nc2cc(-c3cnc(-c4cccc5[nH]c([C@@H]6CCCN6C(=O)OC(C)(C)C)nc45)o3)ccc2[nH]1)c1ccccc1. The second-order valence-electron chi connectivity index (χ2n) is 14.7. The van der Waals surface area contributed by atoms with E-state index >= 15 is 0 Å². The molecule has 0 saturated carbocycles. The van der Waals surface area contributed by atoms with E-state index in [4.69, 9.17) is 23.9 Å². The highest BCUT2D eigenvalue weighted by atomic mass is 16.6. The van der Waals surface area contributed by atoms with Crippen molar-refractivity contribution in [1.82, 2.24) is 40.0 Å². The largest absolute Gasteiger partial charge is 0.453 e. The molecule has 0 spiro atoms. The van der Waals surface area contributed by atoms with E-state index in [1.165, 1.54) is 7.11 Å². The molecule has 0 unspecified atom stereocenters. The maximum Gasteiger partial charge on any atom is 0.410 e. The summed E-state index contributed by atoms with van der Waals surface area (Å²) in [6.07, 6.45) is 3.83. The van der Waals surface area contributed by atoms with E-state index in [0.717, 1.165) is 53.4 Å². The highest BCUT2D eigenvalue weighted by Crippen LogP contribution is 2.37. The third kappa shape index (κ3) is 6.74. The summed E-state index contributed by atoms with van der Waals surface area (Å²) in [7, 11) is 1.28. The number of benzene rings is 3. The van der Waals surface area contributed by atoms with Gasteiger partial charge in [-0.2, -0.15) is 0 Å². The number of para-hydroxylation sites is 1. The number of ether oxygens (including phenoxy) is 2. The first-order valence-corrected chi connectivity index (χ1v) is 18.2. The molecule has 54 heavy (non-hydrogen) atoms. The fourth-order valence-corrected chi connectivity index (χ4v) is 7.43. The fourth-order valence-electron chi connectivity index (χ4n) is 7.43. The average molecular weight is 731 g/mol. The van der Waals surface area contributed by atoms with Gasteiger partial charge in [0.25, 0.3) is 5.91 Å². The highest BCUT2D eigenvalue weighted by molar-refractivity contribution is 5.90. The zero-order valence-corrected chi connectivity index (χ0v) is 30.6. The zero-order chi connectivity index (χ0) is 37.6. The molecule has 3 atom stereocenters. The summed E-state index contributed by atoms with van der Waals surface area (Å²) in [4.78, 5) is 64.1.